The van der Waals surface area contributed by atoms with Crippen LogP contribution in [0.2, 0.25) is 0 Å². The Hall–Kier alpha value is -2.07. The lowest BCUT2D eigenvalue weighted by Gasteiger charge is -2.24. The highest BCUT2D eigenvalue weighted by Crippen LogP contribution is 2.36. The van der Waals surface area contributed by atoms with Crippen molar-refractivity contribution in [2.75, 3.05) is 16.8 Å². The normalized spacial score (nSPS) is 24.4. The smallest absolute Gasteiger partial charge is 0.308 e. The van der Waals surface area contributed by atoms with Gasteiger partial charge in [-0.25, -0.2) is 8.42 Å². The molecular formula is C17H20N2O6S2. The topological polar surface area (TPSA) is 119 Å². The van der Waals surface area contributed by atoms with Crippen LogP contribution in [0.5, 0.6) is 0 Å². The van der Waals surface area contributed by atoms with Crippen LogP contribution in [0.1, 0.15) is 19.8 Å². The zero-order chi connectivity index (χ0) is 19.6. The van der Waals surface area contributed by atoms with E-state index in [0.29, 0.717) is 12.1 Å². The summed E-state index contributed by atoms with van der Waals surface area (Å²) in [7, 11) is -3.11. The molecule has 0 bridgehead atoms. The van der Waals surface area contributed by atoms with Gasteiger partial charge in [0.25, 0.3) is 5.91 Å². The van der Waals surface area contributed by atoms with E-state index in [2.05, 4.69) is 10.6 Å². The lowest BCUT2D eigenvalue weighted by atomic mass is 10.2. The molecule has 1 aromatic rings. The van der Waals surface area contributed by atoms with E-state index in [1.165, 1.54) is 18.7 Å². The van der Waals surface area contributed by atoms with Crippen molar-refractivity contribution in [2.45, 2.75) is 42.1 Å². The van der Waals surface area contributed by atoms with Gasteiger partial charge in [0, 0.05) is 10.9 Å². The number of hydrogen-bond acceptors (Lipinski definition) is 7. The van der Waals surface area contributed by atoms with E-state index in [-0.39, 0.29) is 23.8 Å². The molecule has 2 aliphatic heterocycles. The molecule has 8 nitrogen and oxygen atoms in total. The minimum atomic E-state index is -3.11. The number of esters is 1. The number of sulfone groups is 1. The Morgan fingerprint density at radius 1 is 1.37 bits per heavy atom. The number of ether oxygens (including phenoxy) is 1. The van der Waals surface area contributed by atoms with Crippen molar-refractivity contribution in [3.63, 3.8) is 0 Å². The van der Waals surface area contributed by atoms with Crippen molar-refractivity contribution in [3.8, 4) is 0 Å². The zero-order valence-electron chi connectivity index (χ0n) is 14.6. The van der Waals surface area contributed by atoms with Crippen molar-refractivity contribution >= 4 is 45.1 Å². The number of benzene rings is 1. The van der Waals surface area contributed by atoms with E-state index in [4.69, 9.17) is 4.74 Å². The van der Waals surface area contributed by atoms with E-state index in [9.17, 15) is 22.8 Å². The number of hydrogen-bond donors (Lipinski definition) is 2. The molecule has 1 aromatic carbocycles. The molecule has 0 spiro atoms. The van der Waals surface area contributed by atoms with Crippen LogP contribution in [0.4, 0.5) is 5.69 Å². The summed E-state index contributed by atoms with van der Waals surface area (Å²) in [5.41, 5.74) is 0.705. The van der Waals surface area contributed by atoms with Crippen molar-refractivity contribution in [1.29, 1.82) is 0 Å². The van der Waals surface area contributed by atoms with E-state index >= 15 is 0 Å². The maximum atomic E-state index is 12.1. The predicted octanol–water partition coefficient (Wildman–Crippen LogP) is 0.725. The van der Waals surface area contributed by atoms with Gasteiger partial charge in [-0.2, -0.15) is 0 Å². The second-order valence-corrected chi connectivity index (χ2v) is 10.0. The Balaban J connectivity index is 1.50. The predicted molar refractivity (Wildman–Crippen MR) is 100 cm³/mol. The first-order chi connectivity index (χ1) is 12.7. The molecule has 0 aromatic heterocycles. The summed E-state index contributed by atoms with van der Waals surface area (Å²) in [6, 6.07) is 6.83. The van der Waals surface area contributed by atoms with Crippen LogP contribution < -0.4 is 10.6 Å². The van der Waals surface area contributed by atoms with Crippen LogP contribution >= 0.6 is 11.8 Å². The lowest BCUT2D eigenvalue weighted by molar-refractivity contribution is -0.155. The number of rotatable bonds is 5. The van der Waals surface area contributed by atoms with Gasteiger partial charge in [0.15, 0.2) is 15.9 Å². The monoisotopic (exact) mass is 412 g/mol. The van der Waals surface area contributed by atoms with Gasteiger partial charge in [0.2, 0.25) is 5.91 Å². The summed E-state index contributed by atoms with van der Waals surface area (Å²) >= 11 is 1.27. The number of nitrogens with one attached hydrogen (secondary N) is 2. The second-order valence-electron chi connectivity index (χ2n) is 6.54. The second kappa shape index (κ2) is 7.89. The number of thioether (sulfide) groups is 1. The molecule has 0 radical (unpaired) electrons. The number of carbonyl (C=O) groups is 3. The standard InChI is InChI=1S/C17H20N2O6S2/c1-10(16(21)18-11-6-7-27(23,24)9-11)25-15(20)8-14-17(22)19-12-4-2-3-5-13(12)26-14/h2-5,10-11,14H,6-9H2,1H3,(H,18,21)(H,19,22)/t10-,11+,14-/m1/s1. The molecule has 0 unspecified atom stereocenters. The Morgan fingerprint density at radius 2 is 2.11 bits per heavy atom. The van der Waals surface area contributed by atoms with Gasteiger partial charge in [-0.05, 0) is 25.5 Å². The van der Waals surface area contributed by atoms with Gasteiger partial charge in [-0.15, -0.1) is 11.8 Å². The molecule has 3 rings (SSSR count). The first-order valence-corrected chi connectivity index (χ1v) is 11.2. The number of para-hydroxylation sites is 1. The van der Waals surface area contributed by atoms with Gasteiger partial charge in [0.05, 0.1) is 28.9 Å². The average Bonchev–Trinajstić information content (AvgIpc) is 2.94. The minimum absolute atomic E-state index is 0.0433. The van der Waals surface area contributed by atoms with Crippen LogP contribution in [-0.2, 0) is 29.0 Å². The third-order valence-corrected chi connectivity index (χ3v) is 7.36. The fourth-order valence-corrected chi connectivity index (χ4v) is 5.67. The maximum Gasteiger partial charge on any atom is 0.308 e. The molecule has 146 valence electrons. The van der Waals surface area contributed by atoms with E-state index in [0.717, 1.165) is 4.90 Å². The van der Waals surface area contributed by atoms with Crippen molar-refractivity contribution in [3.05, 3.63) is 24.3 Å². The van der Waals surface area contributed by atoms with E-state index in [1.807, 2.05) is 18.2 Å². The molecule has 1 fully saturated rings. The van der Waals surface area contributed by atoms with Crippen LogP contribution in [0.25, 0.3) is 0 Å². The van der Waals surface area contributed by atoms with Crippen molar-refractivity contribution in [1.82, 2.24) is 5.32 Å². The first-order valence-electron chi connectivity index (χ1n) is 8.50. The Morgan fingerprint density at radius 3 is 2.81 bits per heavy atom. The molecule has 3 atom stereocenters. The minimum Gasteiger partial charge on any atom is -0.453 e. The average molecular weight is 412 g/mol. The molecule has 0 aliphatic carbocycles. The first kappa shape index (κ1) is 19.7. The largest absolute Gasteiger partial charge is 0.453 e. The fraction of sp³-hybridized carbons (Fsp3) is 0.471. The lowest BCUT2D eigenvalue weighted by Crippen LogP contribution is -2.43. The van der Waals surface area contributed by atoms with Gasteiger partial charge in [-0.3, -0.25) is 14.4 Å². The number of fused-ring (bicyclic) bond motifs is 1. The fourth-order valence-electron chi connectivity index (χ4n) is 2.90. The number of amides is 2. The van der Waals surface area contributed by atoms with Gasteiger partial charge < -0.3 is 15.4 Å². The molecule has 27 heavy (non-hydrogen) atoms. The highest BCUT2D eigenvalue weighted by atomic mass is 32.2. The summed E-state index contributed by atoms with van der Waals surface area (Å²) in [4.78, 5) is 37.2. The highest BCUT2D eigenvalue weighted by Gasteiger charge is 2.32. The maximum absolute atomic E-state index is 12.1. The van der Waals surface area contributed by atoms with Crippen LogP contribution in [0.3, 0.4) is 0 Å². The number of anilines is 1. The molecule has 2 N–H and O–H groups in total. The van der Waals surface area contributed by atoms with Crippen molar-refractivity contribution in [2.24, 2.45) is 0 Å². The third kappa shape index (κ3) is 5.01. The summed E-state index contributed by atoms with van der Waals surface area (Å²) in [6.45, 7) is 1.42. The highest BCUT2D eigenvalue weighted by molar-refractivity contribution is 8.01. The van der Waals surface area contributed by atoms with E-state index in [1.54, 1.807) is 6.07 Å². The van der Waals surface area contributed by atoms with Crippen molar-refractivity contribution < 1.29 is 27.5 Å². The SMILES string of the molecule is C[C@@H](OC(=O)C[C@H]1Sc2ccccc2NC1=O)C(=O)N[C@H]1CCS(=O)(=O)C1. The van der Waals surface area contributed by atoms with Gasteiger partial charge in [0.1, 0.15) is 0 Å². The molecule has 0 saturated carbocycles. The van der Waals surface area contributed by atoms with Crippen LogP contribution in [0.15, 0.2) is 29.2 Å². The molecule has 1 saturated heterocycles. The molecular weight excluding hydrogens is 392 g/mol. The Kier molecular flexibility index (Phi) is 5.75. The van der Waals surface area contributed by atoms with Gasteiger partial charge in [-0.1, -0.05) is 12.1 Å². The van der Waals surface area contributed by atoms with Gasteiger partial charge >= 0.3 is 5.97 Å². The summed E-state index contributed by atoms with van der Waals surface area (Å²) in [5.74, 6) is -1.55. The summed E-state index contributed by atoms with van der Waals surface area (Å²) in [5, 5.41) is 4.69. The quantitative estimate of drug-likeness (QED) is 0.684. The number of carbonyl (C=O) groups excluding carboxylic acids is 3. The summed E-state index contributed by atoms with van der Waals surface area (Å²) < 4.78 is 28.0. The molecule has 2 heterocycles. The van der Waals surface area contributed by atoms with E-state index < -0.39 is 39.1 Å². The molecule has 2 aliphatic rings. The van der Waals surface area contributed by atoms with Crippen LogP contribution in [-0.4, -0.2) is 55.1 Å². The zero-order valence-corrected chi connectivity index (χ0v) is 16.3. The molecule has 10 heteroatoms. The third-order valence-electron chi connectivity index (χ3n) is 4.31. The Labute approximate surface area is 161 Å². The van der Waals surface area contributed by atoms with Crippen LogP contribution in [0, 0.1) is 0 Å². The summed E-state index contributed by atoms with van der Waals surface area (Å²) in [6.07, 6.45) is -0.877. The Bertz CT molecular complexity index is 870. The molecule has 2 amide bonds.